The summed E-state index contributed by atoms with van der Waals surface area (Å²) in [5.41, 5.74) is 3.05. The molecule has 2 amide bonds. The highest BCUT2D eigenvalue weighted by Gasteiger charge is 2.30. The van der Waals surface area contributed by atoms with Crippen molar-refractivity contribution in [1.82, 2.24) is 9.88 Å². The number of para-hydroxylation sites is 1. The number of carbonyl (C=O) groups excluding carboxylic acids is 2. The number of imide groups is 1. The molecule has 3 rings (SSSR count). The number of β-amino-alcohol motifs (C(OH)–C–C–N with tert-alkyl or cyclic N) is 1. The molecule has 2 aromatic rings. The molecule has 0 saturated heterocycles. The summed E-state index contributed by atoms with van der Waals surface area (Å²) in [6.45, 7) is -0.250. The minimum Gasteiger partial charge on any atom is -0.395 e. The Labute approximate surface area is 145 Å². The summed E-state index contributed by atoms with van der Waals surface area (Å²) >= 11 is 0. The molecule has 1 aromatic carbocycles. The van der Waals surface area contributed by atoms with Gasteiger partial charge in [0.1, 0.15) is 5.70 Å². The van der Waals surface area contributed by atoms with Crippen molar-refractivity contribution >= 4 is 17.5 Å². The monoisotopic (exact) mass is 337 g/mol. The normalized spacial score (nSPS) is 14.0. The molecule has 0 aliphatic carbocycles. The summed E-state index contributed by atoms with van der Waals surface area (Å²) in [7, 11) is 0. The van der Waals surface area contributed by atoms with Crippen LogP contribution < -0.4 is 5.32 Å². The molecule has 2 heterocycles. The van der Waals surface area contributed by atoms with Crippen LogP contribution in [-0.2, 0) is 22.4 Å². The molecule has 0 bridgehead atoms. The van der Waals surface area contributed by atoms with E-state index in [-0.39, 0.29) is 18.8 Å². The minimum absolute atomic E-state index is 0.000665. The summed E-state index contributed by atoms with van der Waals surface area (Å²) < 4.78 is 0. The number of carbonyl (C=O) groups is 2. The van der Waals surface area contributed by atoms with Crippen molar-refractivity contribution in [3.8, 4) is 0 Å². The first-order chi connectivity index (χ1) is 12.2. The first-order valence-corrected chi connectivity index (χ1v) is 8.12. The van der Waals surface area contributed by atoms with Crippen molar-refractivity contribution in [3.63, 3.8) is 0 Å². The lowest BCUT2D eigenvalue weighted by atomic mass is 10.1. The third-order valence-electron chi connectivity index (χ3n) is 4.00. The number of aliphatic hydroxyl groups is 1. The summed E-state index contributed by atoms with van der Waals surface area (Å²) in [5.74, 6) is -0.828. The highest BCUT2D eigenvalue weighted by atomic mass is 16.3. The van der Waals surface area contributed by atoms with E-state index in [1.54, 1.807) is 6.20 Å². The van der Waals surface area contributed by atoms with Crippen LogP contribution in [0.1, 0.15) is 11.3 Å². The number of rotatable bonds is 7. The van der Waals surface area contributed by atoms with E-state index in [0.717, 1.165) is 34.7 Å². The van der Waals surface area contributed by atoms with Crippen molar-refractivity contribution in [3.05, 3.63) is 71.7 Å². The van der Waals surface area contributed by atoms with Gasteiger partial charge in [0.2, 0.25) is 0 Å². The van der Waals surface area contributed by atoms with E-state index < -0.39 is 11.8 Å². The van der Waals surface area contributed by atoms with E-state index in [4.69, 9.17) is 5.11 Å². The second-order valence-electron chi connectivity index (χ2n) is 5.68. The van der Waals surface area contributed by atoms with Crippen molar-refractivity contribution in [2.75, 3.05) is 18.5 Å². The lowest BCUT2D eigenvalue weighted by Crippen LogP contribution is -2.34. The molecule has 6 heteroatoms. The van der Waals surface area contributed by atoms with Crippen molar-refractivity contribution in [2.24, 2.45) is 0 Å². The topological polar surface area (TPSA) is 82.5 Å². The number of benzene rings is 1. The van der Waals surface area contributed by atoms with Gasteiger partial charge >= 0.3 is 0 Å². The Morgan fingerprint density at radius 2 is 1.84 bits per heavy atom. The van der Waals surface area contributed by atoms with Crippen LogP contribution in [0.15, 0.2) is 60.4 Å². The molecular weight excluding hydrogens is 318 g/mol. The molecule has 1 aromatic heterocycles. The molecule has 0 radical (unpaired) electrons. The van der Waals surface area contributed by atoms with Crippen LogP contribution in [0.2, 0.25) is 0 Å². The van der Waals surface area contributed by atoms with Gasteiger partial charge in [-0.2, -0.15) is 0 Å². The maximum absolute atomic E-state index is 12.3. The number of hydrogen-bond donors (Lipinski definition) is 2. The third-order valence-corrected chi connectivity index (χ3v) is 4.00. The van der Waals surface area contributed by atoms with Gasteiger partial charge in [-0.25, -0.2) is 0 Å². The van der Waals surface area contributed by atoms with Crippen LogP contribution in [-0.4, -0.2) is 40.0 Å². The van der Waals surface area contributed by atoms with Gasteiger partial charge in [0.25, 0.3) is 11.8 Å². The highest BCUT2D eigenvalue weighted by Crippen LogP contribution is 2.22. The molecule has 128 valence electrons. The second-order valence-corrected chi connectivity index (χ2v) is 5.68. The maximum Gasteiger partial charge on any atom is 0.277 e. The van der Waals surface area contributed by atoms with Crippen LogP contribution in [0.5, 0.6) is 0 Å². The lowest BCUT2D eigenvalue weighted by Gasteiger charge is -2.15. The van der Waals surface area contributed by atoms with Crippen molar-refractivity contribution in [1.29, 1.82) is 0 Å². The standard InChI is InChI=1S/C19H19N3O3/c23-12-11-22-18(24)13-17(19(22)25)21-16-7-2-1-5-14(16)8-9-15-6-3-4-10-20-15/h1-7,10,13,21,23H,8-9,11-12H2. The van der Waals surface area contributed by atoms with E-state index in [2.05, 4.69) is 10.3 Å². The molecule has 6 nitrogen and oxygen atoms in total. The number of aromatic nitrogens is 1. The van der Waals surface area contributed by atoms with Gasteiger partial charge in [-0.15, -0.1) is 0 Å². The Kier molecular flexibility index (Phi) is 5.20. The first kappa shape index (κ1) is 16.9. The Hall–Kier alpha value is -2.99. The van der Waals surface area contributed by atoms with E-state index >= 15 is 0 Å². The SMILES string of the molecule is O=C1C=C(Nc2ccccc2CCc2ccccn2)C(=O)N1CCO. The Morgan fingerprint density at radius 3 is 2.60 bits per heavy atom. The number of hydrogen-bond acceptors (Lipinski definition) is 5. The van der Waals surface area contributed by atoms with E-state index in [9.17, 15) is 9.59 Å². The van der Waals surface area contributed by atoms with Gasteiger partial charge in [0.05, 0.1) is 13.2 Å². The first-order valence-electron chi connectivity index (χ1n) is 8.12. The van der Waals surface area contributed by atoms with Crippen LogP contribution in [0.4, 0.5) is 5.69 Å². The molecule has 0 unspecified atom stereocenters. The zero-order chi connectivity index (χ0) is 17.6. The number of anilines is 1. The molecule has 0 atom stereocenters. The average Bonchev–Trinajstić information content (AvgIpc) is 2.90. The second kappa shape index (κ2) is 7.72. The van der Waals surface area contributed by atoms with Crippen molar-refractivity contribution in [2.45, 2.75) is 12.8 Å². The Morgan fingerprint density at radius 1 is 1.04 bits per heavy atom. The van der Waals surface area contributed by atoms with Crippen molar-refractivity contribution < 1.29 is 14.7 Å². The zero-order valence-corrected chi connectivity index (χ0v) is 13.7. The average molecular weight is 337 g/mol. The summed E-state index contributed by atoms with van der Waals surface area (Å²) in [5, 5.41) is 12.0. The number of amides is 2. The molecule has 1 aliphatic heterocycles. The molecular formula is C19H19N3O3. The molecule has 1 aliphatic rings. The molecule has 0 saturated carbocycles. The van der Waals surface area contributed by atoms with Gasteiger partial charge in [0, 0.05) is 23.7 Å². The third kappa shape index (κ3) is 3.92. The van der Waals surface area contributed by atoms with Gasteiger partial charge in [-0.05, 0) is 36.6 Å². The van der Waals surface area contributed by atoms with Crippen LogP contribution >= 0.6 is 0 Å². The predicted octanol–water partition coefficient (Wildman–Crippen LogP) is 1.52. The van der Waals surface area contributed by atoms with E-state index in [1.807, 2.05) is 42.5 Å². The lowest BCUT2D eigenvalue weighted by molar-refractivity contribution is -0.137. The Bertz CT molecular complexity index is 803. The fraction of sp³-hybridized carbons (Fsp3) is 0.211. The Balaban J connectivity index is 1.72. The van der Waals surface area contributed by atoms with E-state index in [0.29, 0.717) is 0 Å². The van der Waals surface area contributed by atoms with Gasteiger partial charge < -0.3 is 10.4 Å². The highest BCUT2D eigenvalue weighted by molar-refractivity contribution is 6.17. The minimum atomic E-state index is -0.418. The van der Waals surface area contributed by atoms with Gasteiger partial charge in [-0.1, -0.05) is 24.3 Å². The molecule has 2 N–H and O–H groups in total. The summed E-state index contributed by atoms with van der Waals surface area (Å²) in [6.07, 6.45) is 4.58. The van der Waals surface area contributed by atoms with Crippen LogP contribution in [0.3, 0.4) is 0 Å². The fourth-order valence-corrected chi connectivity index (χ4v) is 2.72. The van der Waals surface area contributed by atoms with Gasteiger partial charge in [-0.3, -0.25) is 19.5 Å². The summed E-state index contributed by atoms with van der Waals surface area (Å²) in [6, 6.07) is 13.5. The largest absolute Gasteiger partial charge is 0.395 e. The number of pyridine rings is 1. The summed E-state index contributed by atoms with van der Waals surface area (Å²) in [4.78, 5) is 29.4. The van der Waals surface area contributed by atoms with E-state index in [1.165, 1.54) is 6.08 Å². The van der Waals surface area contributed by atoms with Crippen LogP contribution in [0.25, 0.3) is 0 Å². The van der Waals surface area contributed by atoms with Gasteiger partial charge in [0.15, 0.2) is 0 Å². The molecule has 25 heavy (non-hydrogen) atoms. The molecule has 0 spiro atoms. The number of aryl methyl sites for hydroxylation is 2. The predicted molar refractivity (Wildman–Crippen MR) is 93.6 cm³/mol. The quantitative estimate of drug-likeness (QED) is 0.749. The van der Waals surface area contributed by atoms with Crippen LogP contribution in [0, 0.1) is 0 Å². The number of nitrogens with zero attached hydrogens (tertiary/aromatic N) is 2. The maximum atomic E-state index is 12.3. The molecule has 0 fully saturated rings. The number of aliphatic hydroxyl groups excluding tert-OH is 1. The smallest absolute Gasteiger partial charge is 0.277 e. The number of nitrogens with one attached hydrogen (secondary N) is 1. The zero-order valence-electron chi connectivity index (χ0n) is 13.7. The fourth-order valence-electron chi connectivity index (χ4n) is 2.72.